The van der Waals surface area contributed by atoms with Gasteiger partial charge in [0.1, 0.15) is 11.4 Å². The molecule has 2 heterocycles. The lowest BCUT2D eigenvalue weighted by molar-refractivity contribution is 0.103. The van der Waals surface area contributed by atoms with Crippen molar-refractivity contribution in [2.24, 2.45) is 0 Å². The molecule has 32 heavy (non-hydrogen) atoms. The number of ether oxygens (including phenoxy) is 1. The number of aromatic amines is 1. The Bertz CT molecular complexity index is 1490. The fourth-order valence-electron chi connectivity index (χ4n) is 3.70. The highest BCUT2D eigenvalue weighted by atomic mass is 16.5. The van der Waals surface area contributed by atoms with Crippen LogP contribution in [0.2, 0.25) is 0 Å². The Morgan fingerprint density at radius 2 is 1.66 bits per heavy atom. The summed E-state index contributed by atoms with van der Waals surface area (Å²) in [5.41, 5.74) is 2.82. The minimum absolute atomic E-state index is 0.207. The van der Waals surface area contributed by atoms with Crippen molar-refractivity contribution in [3.05, 3.63) is 107 Å². The van der Waals surface area contributed by atoms with Crippen LogP contribution >= 0.6 is 0 Å². The molecule has 0 unspecified atom stereocenters. The molecule has 0 bridgehead atoms. The number of H-pyrrole nitrogens is 1. The van der Waals surface area contributed by atoms with Crippen LogP contribution in [0.25, 0.3) is 27.8 Å². The summed E-state index contributed by atoms with van der Waals surface area (Å²) in [6.07, 6.45) is 0. The second-order valence-electron chi connectivity index (χ2n) is 7.19. The van der Waals surface area contributed by atoms with E-state index in [1.807, 2.05) is 42.5 Å². The maximum atomic E-state index is 13.3. The average Bonchev–Trinajstić information content (AvgIpc) is 3.29. The Hall–Kier alpha value is -4.52. The minimum atomic E-state index is -0.289. The second kappa shape index (κ2) is 7.96. The lowest BCUT2D eigenvalue weighted by Crippen LogP contribution is -2.11. The Morgan fingerprint density at radius 1 is 0.938 bits per heavy atom. The number of ketones is 1. The predicted octanol–water partition coefficient (Wildman–Crippen LogP) is 4.02. The summed E-state index contributed by atoms with van der Waals surface area (Å²) >= 11 is 0. The summed E-state index contributed by atoms with van der Waals surface area (Å²) in [5.74, 6) is 0.384. The predicted molar refractivity (Wildman–Crippen MR) is 121 cm³/mol. The summed E-state index contributed by atoms with van der Waals surface area (Å²) in [4.78, 5) is 28.6. The largest absolute Gasteiger partial charge is 0.497 e. The Balaban J connectivity index is 1.81. The summed E-state index contributed by atoms with van der Waals surface area (Å²) < 4.78 is 6.91. The molecule has 2 aromatic heterocycles. The average molecular weight is 422 g/mol. The van der Waals surface area contributed by atoms with Gasteiger partial charge in [-0.3, -0.25) is 9.59 Å². The molecule has 0 fully saturated rings. The zero-order valence-electron chi connectivity index (χ0n) is 17.1. The topological polar surface area (TPSA) is 89.9 Å². The standard InChI is InChI=1S/C25H18N4O3/c1-32-18-12-13-20-19(14-18)21(15-22(30)26-20)29-24(16-8-4-2-5-9-16)23(27-28-29)25(31)17-10-6-3-7-11-17/h2-15H,1H3,(H,26,30). The van der Waals surface area contributed by atoms with Crippen molar-refractivity contribution in [2.75, 3.05) is 7.11 Å². The fraction of sp³-hybridized carbons (Fsp3) is 0.0400. The quantitative estimate of drug-likeness (QED) is 0.432. The van der Waals surface area contributed by atoms with E-state index in [4.69, 9.17) is 4.74 Å². The molecular formula is C25H18N4O3. The van der Waals surface area contributed by atoms with E-state index >= 15 is 0 Å². The maximum absolute atomic E-state index is 13.3. The summed E-state index contributed by atoms with van der Waals surface area (Å²) in [6.45, 7) is 0. The third-order valence-corrected chi connectivity index (χ3v) is 5.23. The number of carbonyl (C=O) groups is 1. The van der Waals surface area contributed by atoms with E-state index in [-0.39, 0.29) is 17.0 Å². The Kier molecular flexibility index (Phi) is 4.84. The molecule has 0 saturated heterocycles. The molecule has 0 atom stereocenters. The molecular weight excluding hydrogens is 404 g/mol. The van der Waals surface area contributed by atoms with Crippen LogP contribution in [-0.4, -0.2) is 32.9 Å². The minimum Gasteiger partial charge on any atom is -0.497 e. The van der Waals surface area contributed by atoms with Gasteiger partial charge in [-0.25, -0.2) is 4.68 Å². The summed E-state index contributed by atoms with van der Waals surface area (Å²) in [6, 6.07) is 25.1. The van der Waals surface area contributed by atoms with Gasteiger partial charge in [0.15, 0.2) is 5.69 Å². The smallest absolute Gasteiger partial charge is 0.250 e. The van der Waals surface area contributed by atoms with Crippen molar-refractivity contribution in [2.45, 2.75) is 0 Å². The molecule has 5 rings (SSSR count). The first-order valence-corrected chi connectivity index (χ1v) is 9.98. The molecule has 3 aromatic carbocycles. The first-order chi connectivity index (χ1) is 15.7. The lowest BCUT2D eigenvalue weighted by Gasteiger charge is -2.11. The van der Waals surface area contributed by atoms with Gasteiger partial charge in [-0.15, -0.1) is 5.10 Å². The van der Waals surface area contributed by atoms with Crippen molar-refractivity contribution in [1.82, 2.24) is 20.0 Å². The first kappa shape index (κ1) is 19.4. The number of aromatic nitrogens is 4. The van der Waals surface area contributed by atoms with Crippen molar-refractivity contribution in [1.29, 1.82) is 0 Å². The number of hydrogen-bond donors (Lipinski definition) is 1. The molecule has 156 valence electrons. The van der Waals surface area contributed by atoms with E-state index in [0.29, 0.717) is 33.6 Å². The molecule has 7 nitrogen and oxygen atoms in total. The SMILES string of the molecule is COc1ccc2[nH]c(=O)cc(-n3nnc(C(=O)c4ccccc4)c3-c3ccccc3)c2c1. The lowest BCUT2D eigenvalue weighted by atomic mass is 10.0. The molecule has 0 amide bonds. The molecule has 0 saturated carbocycles. The molecule has 0 aliphatic rings. The van der Waals surface area contributed by atoms with E-state index < -0.39 is 0 Å². The van der Waals surface area contributed by atoms with E-state index in [2.05, 4.69) is 15.3 Å². The van der Waals surface area contributed by atoms with Crippen molar-refractivity contribution in [3.63, 3.8) is 0 Å². The van der Waals surface area contributed by atoms with Crippen LogP contribution in [0.1, 0.15) is 16.1 Å². The monoisotopic (exact) mass is 422 g/mol. The number of pyridine rings is 1. The van der Waals surface area contributed by atoms with E-state index in [0.717, 1.165) is 5.56 Å². The molecule has 0 aliphatic heterocycles. The van der Waals surface area contributed by atoms with E-state index in [1.54, 1.807) is 48.2 Å². The van der Waals surface area contributed by atoms with Crippen LogP contribution in [0.4, 0.5) is 0 Å². The zero-order chi connectivity index (χ0) is 22.1. The van der Waals surface area contributed by atoms with Gasteiger partial charge in [-0.05, 0) is 18.2 Å². The molecule has 0 aliphatic carbocycles. The number of nitrogens with zero attached hydrogens (tertiary/aromatic N) is 3. The number of carbonyl (C=O) groups excluding carboxylic acids is 1. The number of rotatable bonds is 5. The van der Waals surface area contributed by atoms with Gasteiger partial charge in [0.2, 0.25) is 5.78 Å². The highest BCUT2D eigenvalue weighted by Crippen LogP contribution is 2.30. The Labute approximate surface area is 182 Å². The number of nitrogens with one attached hydrogen (secondary N) is 1. The van der Waals surface area contributed by atoms with Crippen LogP contribution < -0.4 is 10.3 Å². The van der Waals surface area contributed by atoms with Gasteiger partial charge >= 0.3 is 0 Å². The van der Waals surface area contributed by atoms with Gasteiger partial charge in [-0.2, -0.15) is 0 Å². The van der Waals surface area contributed by atoms with Crippen molar-refractivity contribution >= 4 is 16.7 Å². The van der Waals surface area contributed by atoms with Gasteiger partial charge in [0.25, 0.3) is 5.56 Å². The van der Waals surface area contributed by atoms with Gasteiger partial charge in [0.05, 0.1) is 18.3 Å². The number of methoxy groups -OCH3 is 1. The maximum Gasteiger partial charge on any atom is 0.250 e. The van der Waals surface area contributed by atoms with Gasteiger partial charge in [-0.1, -0.05) is 65.9 Å². The second-order valence-corrected chi connectivity index (χ2v) is 7.19. The van der Waals surface area contributed by atoms with Crippen LogP contribution in [0.3, 0.4) is 0 Å². The van der Waals surface area contributed by atoms with E-state index in [9.17, 15) is 9.59 Å². The van der Waals surface area contributed by atoms with Crippen LogP contribution in [0, 0.1) is 0 Å². The molecule has 5 aromatic rings. The molecule has 0 spiro atoms. The zero-order valence-corrected chi connectivity index (χ0v) is 17.1. The van der Waals surface area contributed by atoms with Gasteiger partial charge in [0, 0.05) is 22.6 Å². The molecule has 0 radical (unpaired) electrons. The van der Waals surface area contributed by atoms with Crippen LogP contribution in [-0.2, 0) is 0 Å². The summed E-state index contributed by atoms with van der Waals surface area (Å²) in [7, 11) is 1.58. The van der Waals surface area contributed by atoms with Crippen LogP contribution in [0.15, 0.2) is 89.7 Å². The highest BCUT2D eigenvalue weighted by Gasteiger charge is 2.24. The number of hydrogen-bond acceptors (Lipinski definition) is 5. The van der Waals surface area contributed by atoms with Gasteiger partial charge < -0.3 is 9.72 Å². The normalized spacial score (nSPS) is 10.9. The Morgan fingerprint density at radius 3 is 2.38 bits per heavy atom. The third kappa shape index (κ3) is 3.35. The van der Waals surface area contributed by atoms with Crippen molar-refractivity contribution < 1.29 is 9.53 Å². The molecule has 7 heteroatoms. The van der Waals surface area contributed by atoms with E-state index in [1.165, 1.54) is 6.07 Å². The fourth-order valence-corrected chi connectivity index (χ4v) is 3.70. The number of benzene rings is 3. The molecule has 1 N–H and O–H groups in total. The third-order valence-electron chi connectivity index (χ3n) is 5.23. The number of fused-ring (bicyclic) bond motifs is 1. The highest BCUT2D eigenvalue weighted by molar-refractivity contribution is 6.11. The first-order valence-electron chi connectivity index (χ1n) is 9.98. The van der Waals surface area contributed by atoms with Crippen molar-refractivity contribution in [3.8, 4) is 22.7 Å². The summed E-state index contributed by atoms with van der Waals surface area (Å²) in [5, 5.41) is 9.27. The van der Waals surface area contributed by atoms with Crippen LogP contribution in [0.5, 0.6) is 5.75 Å².